The second kappa shape index (κ2) is 8.47. The summed E-state index contributed by atoms with van der Waals surface area (Å²) < 4.78 is 18.6. The van der Waals surface area contributed by atoms with Gasteiger partial charge in [0.2, 0.25) is 0 Å². The molecule has 3 rings (SSSR count). The lowest BCUT2D eigenvalue weighted by Crippen LogP contribution is -2.51. The van der Waals surface area contributed by atoms with Crippen molar-refractivity contribution in [1.29, 1.82) is 0 Å². The van der Waals surface area contributed by atoms with Gasteiger partial charge in [-0.1, -0.05) is 12.1 Å². The van der Waals surface area contributed by atoms with Gasteiger partial charge in [0.25, 0.3) is 5.91 Å². The van der Waals surface area contributed by atoms with Crippen LogP contribution in [0.2, 0.25) is 0 Å². The number of rotatable bonds is 6. The third-order valence-electron chi connectivity index (χ3n) is 4.83. The predicted octanol–water partition coefficient (Wildman–Crippen LogP) is 2.57. The summed E-state index contributed by atoms with van der Waals surface area (Å²) in [6, 6.07) is 7.66. The smallest absolute Gasteiger partial charge is 0.314 e. The summed E-state index contributed by atoms with van der Waals surface area (Å²) >= 11 is 1.000. The topological polar surface area (TPSA) is 81.6 Å². The highest BCUT2D eigenvalue weighted by Crippen LogP contribution is 2.36. The van der Waals surface area contributed by atoms with Crippen molar-refractivity contribution in [2.24, 2.45) is 5.41 Å². The maximum atomic E-state index is 12.9. The minimum atomic E-state index is -0.778. The van der Waals surface area contributed by atoms with E-state index in [1.807, 2.05) is 24.3 Å². The first-order valence-corrected chi connectivity index (χ1v) is 9.68. The second-order valence-electron chi connectivity index (χ2n) is 6.65. The van der Waals surface area contributed by atoms with Crippen LogP contribution in [0, 0.1) is 5.41 Å². The molecule has 1 amide bonds. The first-order chi connectivity index (χ1) is 13.1. The summed E-state index contributed by atoms with van der Waals surface area (Å²) in [5, 5.41) is 0. The number of likely N-dealkylation sites (tertiary alicyclic amines) is 1. The van der Waals surface area contributed by atoms with Crippen molar-refractivity contribution >= 4 is 23.6 Å². The standard InChI is InChI=1S/C19H23N3O4S/c1-3-26-18(24)19(11-14-6-4-7-15(10-14)25-2)8-5-9-22(13-19)17(23)16-12-20-27-21-16/h4,6-7,10,12H,3,5,8-9,11,13H2,1-2H3. The van der Waals surface area contributed by atoms with E-state index in [-0.39, 0.29) is 11.9 Å². The quantitative estimate of drug-likeness (QED) is 0.707. The number of piperidine rings is 1. The van der Waals surface area contributed by atoms with E-state index in [9.17, 15) is 9.59 Å². The summed E-state index contributed by atoms with van der Waals surface area (Å²) in [7, 11) is 1.61. The van der Waals surface area contributed by atoms with Gasteiger partial charge in [0.05, 0.1) is 37.1 Å². The molecule has 1 aliphatic rings. The van der Waals surface area contributed by atoms with Crippen LogP contribution >= 0.6 is 11.7 Å². The van der Waals surface area contributed by atoms with Crippen molar-refractivity contribution in [3.63, 3.8) is 0 Å². The molecule has 0 N–H and O–H groups in total. The molecule has 2 aromatic rings. The van der Waals surface area contributed by atoms with Gasteiger partial charge >= 0.3 is 5.97 Å². The Labute approximate surface area is 162 Å². The van der Waals surface area contributed by atoms with Crippen molar-refractivity contribution < 1.29 is 19.1 Å². The Morgan fingerprint density at radius 2 is 2.22 bits per heavy atom. The van der Waals surface area contributed by atoms with Crippen LogP contribution in [-0.2, 0) is 16.0 Å². The molecule has 0 spiro atoms. The first-order valence-electron chi connectivity index (χ1n) is 8.95. The van der Waals surface area contributed by atoms with Gasteiger partial charge < -0.3 is 14.4 Å². The molecule has 0 radical (unpaired) electrons. The summed E-state index contributed by atoms with van der Waals surface area (Å²) in [6.45, 7) is 3.00. The molecule has 8 heteroatoms. The van der Waals surface area contributed by atoms with Gasteiger partial charge in [-0.3, -0.25) is 9.59 Å². The molecular formula is C19H23N3O4S. The van der Waals surface area contributed by atoms with E-state index in [4.69, 9.17) is 9.47 Å². The lowest BCUT2D eigenvalue weighted by molar-refractivity contribution is -0.158. The van der Waals surface area contributed by atoms with Crippen molar-refractivity contribution in [2.45, 2.75) is 26.2 Å². The Bertz CT molecular complexity index is 796. The highest BCUT2D eigenvalue weighted by atomic mass is 32.1. The van der Waals surface area contributed by atoms with E-state index >= 15 is 0 Å². The fourth-order valence-electron chi connectivity index (χ4n) is 3.57. The van der Waals surface area contributed by atoms with E-state index in [0.717, 1.165) is 29.5 Å². The molecular weight excluding hydrogens is 366 g/mol. The molecule has 0 aliphatic carbocycles. The number of methoxy groups -OCH3 is 1. The SMILES string of the molecule is CCOC(=O)C1(Cc2cccc(OC)c2)CCCN(C(=O)c2cnsn2)C1. The number of aromatic nitrogens is 2. The highest BCUT2D eigenvalue weighted by molar-refractivity contribution is 6.99. The van der Waals surface area contributed by atoms with Gasteiger partial charge in [-0.05, 0) is 43.9 Å². The summed E-state index contributed by atoms with van der Waals surface area (Å²) in [4.78, 5) is 27.3. The number of ether oxygens (including phenoxy) is 2. The van der Waals surface area contributed by atoms with Gasteiger partial charge in [-0.2, -0.15) is 8.75 Å². The van der Waals surface area contributed by atoms with Crippen LogP contribution in [0.15, 0.2) is 30.5 Å². The third-order valence-corrected chi connectivity index (χ3v) is 5.31. The minimum Gasteiger partial charge on any atom is -0.497 e. The maximum absolute atomic E-state index is 12.9. The predicted molar refractivity (Wildman–Crippen MR) is 101 cm³/mol. The maximum Gasteiger partial charge on any atom is 0.314 e. The minimum absolute atomic E-state index is 0.192. The molecule has 2 heterocycles. The number of carbonyl (C=O) groups is 2. The van der Waals surface area contributed by atoms with Gasteiger partial charge in [-0.25, -0.2) is 0 Å². The largest absolute Gasteiger partial charge is 0.497 e. The van der Waals surface area contributed by atoms with Crippen LogP contribution in [0.4, 0.5) is 0 Å². The lowest BCUT2D eigenvalue weighted by Gasteiger charge is -2.40. The number of amides is 1. The van der Waals surface area contributed by atoms with Crippen LogP contribution in [0.5, 0.6) is 5.75 Å². The zero-order valence-corrected chi connectivity index (χ0v) is 16.3. The molecule has 0 saturated carbocycles. The fourth-order valence-corrected chi connectivity index (χ4v) is 3.97. The van der Waals surface area contributed by atoms with E-state index < -0.39 is 5.41 Å². The fraction of sp³-hybridized carbons (Fsp3) is 0.474. The number of benzene rings is 1. The summed E-state index contributed by atoms with van der Waals surface area (Å²) in [5.41, 5.74) is 0.521. The third kappa shape index (κ3) is 4.27. The van der Waals surface area contributed by atoms with Gasteiger partial charge in [0, 0.05) is 13.1 Å². The Morgan fingerprint density at radius 3 is 2.93 bits per heavy atom. The second-order valence-corrected chi connectivity index (χ2v) is 7.21. The number of hydrogen-bond donors (Lipinski definition) is 0. The van der Waals surface area contributed by atoms with E-state index in [1.54, 1.807) is 18.9 Å². The Hall–Kier alpha value is -2.48. The molecule has 1 unspecified atom stereocenters. The normalized spacial score (nSPS) is 19.6. The molecule has 27 heavy (non-hydrogen) atoms. The number of esters is 1. The zero-order chi connectivity index (χ0) is 19.3. The number of hydrogen-bond acceptors (Lipinski definition) is 7. The van der Waals surface area contributed by atoms with Crippen molar-refractivity contribution in [3.8, 4) is 5.75 Å². The molecule has 1 aromatic carbocycles. The molecule has 1 aromatic heterocycles. The van der Waals surface area contributed by atoms with Crippen LogP contribution in [0.3, 0.4) is 0 Å². The molecule has 1 fully saturated rings. The zero-order valence-electron chi connectivity index (χ0n) is 15.5. The van der Waals surface area contributed by atoms with Crippen molar-refractivity contribution in [3.05, 3.63) is 41.7 Å². The molecule has 1 aliphatic heterocycles. The molecule has 144 valence electrons. The average Bonchev–Trinajstić information content (AvgIpc) is 3.22. The molecule has 0 bridgehead atoms. The number of carbonyl (C=O) groups excluding carboxylic acids is 2. The lowest BCUT2D eigenvalue weighted by atomic mass is 9.75. The Kier molecular flexibility index (Phi) is 6.05. The Balaban J connectivity index is 1.87. The Morgan fingerprint density at radius 1 is 1.37 bits per heavy atom. The molecule has 1 atom stereocenters. The highest BCUT2D eigenvalue weighted by Gasteiger charge is 2.45. The van der Waals surface area contributed by atoms with E-state index in [2.05, 4.69) is 8.75 Å². The van der Waals surface area contributed by atoms with Gasteiger partial charge in [0.15, 0.2) is 5.69 Å². The molecule has 7 nitrogen and oxygen atoms in total. The van der Waals surface area contributed by atoms with Crippen molar-refractivity contribution in [2.75, 3.05) is 26.8 Å². The van der Waals surface area contributed by atoms with Crippen LogP contribution in [0.25, 0.3) is 0 Å². The van der Waals surface area contributed by atoms with Crippen LogP contribution in [0.1, 0.15) is 35.8 Å². The first kappa shape index (κ1) is 19.3. The van der Waals surface area contributed by atoms with Crippen LogP contribution in [-0.4, -0.2) is 52.3 Å². The van der Waals surface area contributed by atoms with E-state index in [1.165, 1.54) is 6.20 Å². The average molecular weight is 389 g/mol. The van der Waals surface area contributed by atoms with Crippen molar-refractivity contribution in [1.82, 2.24) is 13.6 Å². The van der Waals surface area contributed by atoms with Gasteiger partial charge in [-0.15, -0.1) is 0 Å². The summed E-state index contributed by atoms with van der Waals surface area (Å²) in [5.74, 6) is 0.285. The van der Waals surface area contributed by atoms with E-state index in [0.29, 0.717) is 38.2 Å². The molecule has 1 saturated heterocycles. The van der Waals surface area contributed by atoms with Crippen LogP contribution < -0.4 is 4.74 Å². The summed E-state index contributed by atoms with van der Waals surface area (Å²) in [6.07, 6.45) is 3.35. The monoisotopic (exact) mass is 389 g/mol. The number of nitrogens with zero attached hydrogens (tertiary/aromatic N) is 3. The van der Waals surface area contributed by atoms with Gasteiger partial charge in [0.1, 0.15) is 5.75 Å².